The van der Waals surface area contributed by atoms with Crippen LogP contribution in [0.2, 0.25) is 0 Å². The van der Waals surface area contributed by atoms with E-state index in [0.29, 0.717) is 11.5 Å². The highest BCUT2D eigenvalue weighted by molar-refractivity contribution is 7.89. The first-order valence-electron chi connectivity index (χ1n) is 7.21. The Balaban J connectivity index is 2.09. The van der Waals surface area contributed by atoms with Gasteiger partial charge in [-0.2, -0.15) is 0 Å². The predicted molar refractivity (Wildman–Crippen MR) is 85.9 cm³/mol. The molecule has 1 aromatic carbocycles. The van der Waals surface area contributed by atoms with Gasteiger partial charge < -0.3 is 14.3 Å². The second-order valence-electron chi connectivity index (χ2n) is 5.30. The third-order valence-corrected chi connectivity index (χ3v) is 5.13. The van der Waals surface area contributed by atoms with Crippen LogP contribution in [0.15, 0.2) is 39.8 Å². The van der Waals surface area contributed by atoms with Crippen LogP contribution in [0.1, 0.15) is 29.4 Å². The highest BCUT2D eigenvalue weighted by Crippen LogP contribution is 2.27. The number of benzene rings is 1. The van der Waals surface area contributed by atoms with E-state index in [0.717, 1.165) is 11.1 Å². The summed E-state index contributed by atoms with van der Waals surface area (Å²) in [7, 11) is -2.29. The highest BCUT2D eigenvalue weighted by Gasteiger charge is 2.21. The summed E-state index contributed by atoms with van der Waals surface area (Å²) in [6.45, 7) is 3.82. The van der Waals surface area contributed by atoms with Gasteiger partial charge in [0.2, 0.25) is 10.0 Å². The lowest BCUT2D eigenvalue weighted by Crippen LogP contribution is -2.26. The summed E-state index contributed by atoms with van der Waals surface area (Å²) in [6.07, 6.45) is 0.817. The van der Waals surface area contributed by atoms with Gasteiger partial charge >= 0.3 is 0 Å². The van der Waals surface area contributed by atoms with E-state index in [1.54, 1.807) is 24.3 Å². The third-order valence-electron chi connectivity index (χ3n) is 3.65. The molecule has 0 bridgehead atoms. The number of aliphatic hydroxyl groups excluding tert-OH is 1. The van der Waals surface area contributed by atoms with Crippen LogP contribution in [0.5, 0.6) is 5.75 Å². The van der Waals surface area contributed by atoms with Crippen LogP contribution >= 0.6 is 0 Å². The van der Waals surface area contributed by atoms with Crippen LogP contribution in [0.4, 0.5) is 0 Å². The summed E-state index contributed by atoms with van der Waals surface area (Å²) in [5, 5.41) is 9.90. The van der Waals surface area contributed by atoms with E-state index in [1.165, 1.54) is 13.4 Å². The van der Waals surface area contributed by atoms with Crippen LogP contribution in [0, 0.1) is 13.8 Å². The first kappa shape index (κ1) is 17.5. The highest BCUT2D eigenvalue weighted by atomic mass is 32.2. The van der Waals surface area contributed by atoms with E-state index in [-0.39, 0.29) is 17.9 Å². The number of sulfonamides is 1. The average molecular weight is 339 g/mol. The lowest BCUT2D eigenvalue weighted by Gasteiger charge is -2.14. The second kappa shape index (κ2) is 7.16. The lowest BCUT2D eigenvalue weighted by molar-refractivity contribution is 0.141. The van der Waals surface area contributed by atoms with Gasteiger partial charge in [-0.3, -0.25) is 0 Å². The van der Waals surface area contributed by atoms with E-state index in [1.807, 2.05) is 13.8 Å². The van der Waals surface area contributed by atoms with Gasteiger partial charge in [0.25, 0.3) is 0 Å². The predicted octanol–water partition coefficient (Wildman–Crippen LogP) is 2.31. The second-order valence-corrected chi connectivity index (χ2v) is 7.04. The maximum atomic E-state index is 12.4. The van der Waals surface area contributed by atoms with Gasteiger partial charge in [0, 0.05) is 6.54 Å². The number of rotatable bonds is 7. The number of hydrogen-bond donors (Lipinski definition) is 2. The van der Waals surface area contributed by atoms with Crippen molar-refractivity contribution < 1.29 is 22.7 Å². The molecule has 1 atom stereocenters. The number of nitrogens with one attached hydrogen (secondary N) is 1. The van der Waals surface area contributed by atoms with Crippen molar-refractivity contribution in [3.8, 4) is 5.75 Å². The molecule has 6 nitrogen and oxygen atoms in total. The zero-order valence-electron chi connectivity index (χ0n) is 13.4. The van der Waals surface area contributed by atoms with Crippen molar-refractivity contribution in [2.24, 2.45) is 0 Å². The van der Waals surface area contributed by atoms with Crippen molar-refractivity contribution in [3.05, 3.63) is 47.4 Å². The van der Waals surface area contributed by atoms with E-state index < -0.39 is 16.1 Å². The van der Waals surface area contributed by atoms with Crippen LogP contribution in [-0.2, 0) is 10.0 Å². The van der Waals surface area contributed by atoms with Gasteiger partial charge in [0.1, 0.15) is 22.5 Å². The molecule has 0 amide bonds. The summed E-state index contributed by atoms with van der Waals surface area (Å²) in [6, 6.07) is 6.59. The quantitative estimate of drug-likeness (QED) is 0.808. The molecule has 0 saturated heterocycles. The van der Waals surface area contributed by atoms with E-state index in [4.69, 9.17) is 9.15 Å². The normalized spacial score (nSPS) is 13.0. The van der Waals surface area contributed by atoms with Crippen molar-refractivity contribution in [1.29, 1.82) is 0 Å². The summed E-state index contributed by atoms with van der Waals surface area (Å²) in [5.41, 5.74) is 1.82. The number of furan rings is 1. The number of aliphatic hydroxyl groups is 1. The van der Waals surface area contributed by atoms with Gasteiger partial charge in [-0.25, -0.2) is 13.1 Å². The molecule has 1 aromatic heterocycles. The van der Waals surface area contributed by atoms with Crippen molar-refractivity contribution in [3.63, 3.8) is 0 Å². The Morgan fingerprint density at radius 2 is 2.00 bits per heavy atom. The first-order valence-corrected chi connectivity index (χ1v) is 8.70. The summed E-state index contributed by atoms with van der Waals surface area (Å²) in [4.78, 5) is 0.0931. The van der Waals surface area contributed by atoms with E-state index >= 15 is 0 Å². The van der Waals surface area contributed by atoms with Gasteiger partial charge in [-0.1, -0.05) is 0 Å². The Morgan fingerprint density at radius 1 is 1.30 bits per heavy atom. The summed E-state index contributed by atoms with van der Waals surface area (Å²) < 4.78 is 37.6. The molecule has 0 fully saturated rings. The first-order chi connectivity index (χ1) is 10.8. The molecule has 0 radical (unpaired) electrons. The molecule has 2 aromatic rings. The van der Waals surface area contributed by atoms with Gasteiger partial charge in [0.05, 0.1) is 13.4 Å². The van der Waals surface area contributed by atoms with Gasteiger partial charge in [-0.05, 0) is 55.7 Å². The fourth-order valence-electron chi connectivity index (χ4n) is 2.16. The smallest absolute Gasteiger partial charge is 0.244 e. The van der Waals surface area contributed by atoms with E-state index in [2.05, 4.69) is 4.72 Å². The maximum absolute atomic E-state index is 12.4. The minimum atomic E-state index is -3.72. The molecule has 0 aliphatic carbocycles. The molecule has 0 unspecified atom stereocenters. The summed E-state index contributed by atoms with van der Waals surface area (Å²) >= 11 is 0. The zero-order valence-corrected chi connectivity index (χ0v) is 14.2. The Kier molecular flexibility index (Phi) is 5.46. The number of ether oxygens (including phenoxy) is 1. The molecule has 7 heteroatoms. The fourth-order valence-corrected chi connectivity index (χ4v) is 3.44. The molecule has 0 saturated carbocycles. The fraction of sp³-hybridized carbons (Fsp3) is 0.375. The molecule has 0 aliphatic rings. The maximum Gasteiger partial charge on any atom is 0.244 e. The summed E-state index contributed by atoms with van der Waals surface area (Å²) in [5.74, 6) is 0.708. The van der Waals surface area contributed by atoms with Crippen LogP contribution < -0.4 is 9.46 Å². The van der Waals surface area contributed by atoms with Crippen molar-refractivity contribution in [2.75, 3.05) is 13.7 Å². The molecule has 0 aliphatic heterocycles. The number of hydrogen-bond acceptors (Lipinski definition) is 5. The third kappa shape index (κ3) is 4.13. The van der Waals surface area contributed by atoms with Crippen LogP contribution in [-0.4, -0.2) is 27.2 Å². The van der Waals surface area contributed by atoms with Gasteiger partial charge in [0.15, 0.2) is 0 Å². The molecular weight excluding hydrogens is 318 g/mol. The lowest BCUT2D eigenvalue weighted by atomic mass is 10.1. The SMILES string of the molecule is COc1cc(C)c(C)cc1S(=O)(=O)NCC[C@H](O)c1ccco1. The average Bonchev–Trinajstić information content (AvgIpc) is 3.03. The number of methoxy groups -OCH3 is 1. The van der Waals surface area contributed by atoms with Crippen LogP contribution in [0.3, 0.4) is 0 Å². The largest absolute Gasteiger partial charge is 0.495 e. The van der Waals surface area contributed by atoms with Crippen molar-refractivity contribution in [1.82, 2.24) is 4.72 Å². The van der Waals surface area contributed by atoms with Crippen molar-refractivity contribution in [2.45, 2.75) is 31.3 Å². The molecule has 0 spiro atoms. The topological polar surface area (TPSA) is 88.8 Å². The Morgan fingerprint density at radius 3 is 2.61 bits per heavy atom. The monoisotopic (exact) mass is 339 g/mol. The molecule has 1 heterocycles. The Labute approximate surface area is 136 Å². The molecular formula is C16H21NO5S. The molecule has 2 rings (SSSR count). The standard InChI is InChI=1S/C16H21NO5S/c1-11-9-15(21-3)16(10-12(11)2)23(19,20)17-7-6-13(18)14-5-4-8-22-14/h4-5,8-10,13,17-18H,6-7H2,1-3H3/t13-/m0/s1. The Bertz CT molecular complexity index is 753. The Hall–Kier alpha value is -1.83. The minimum absolute atomic E-state index is 0.0836. The van der Waals surface area contributed by atoms with E-state index in [9.17, 15) is 13.5 Å². The molecule has 23 heavy (non-hydrogen) atoms. The van der Waals surface area contributed by atoms with Crippen molar-refractivity contribution >= 4 is 10.0 Å². The number of aryl methyl sites for hydroxylation is 2. The minimum Gasteiger partial charge on any atom is -0.495 e. The molecule has 126 valence electrons. The van der Waals surface area contributed by atoms with Crippen LogP contribution in [0.25, 0.3) is 0 Å². The van der Waals surface area contributed by atoms with Gasteiger partial charge in [-0.15, -0.1) is 0 Å². The molecule has 2 N–H and O–H groups in total. The zero-order chi connectivity index (χ0) is 17.0.